The number of carbonyl (C=O) groups is 1. The lowest BCUT2D eigenvalue weighted by Gasteiger charge is -2.09. The lowest BCUT2D eigenvalue weighted by Crippen LogP contribution is -2.46. The standard InChI is InChI=1S/C6H14N6O3/c7-3-1-2-4(8)5(13)10-6(9)11-12(14)15/h4H,1-3,7-8H2,(H3,9,10,11,13)/t4-/m0/s1. The number of nitro groups is 1. The Morgan fingerprint density at radius 1 is 1.60 bits per heavy atom. The number of nitrogens with two attached hydrogens (primary N) is 3. The van der Waals surface area contributed by atoms with E-state index in [4.69, 9.17) is 17.2 Å². The van der Waals surface area contributed by atoms with Crippen molar-refractivity contribution in [3.8, 4) is 0 Å². The van der Waals surface area contributed by atoms with E-state index in [9.17, 15) is 14.9 Å². The van der Waals surface area contributed by atoms with Gasteiger partial charge in [0, 0.05) is 0 Å². The van der Waals surface area contributed by atoms with E-state index in [1.165, 1.54) is 0 Å². The monoisotopic (exact) mass is 218 g/mol. The van der Waals surface area contributed by atoms with Crippen molar-refractivity contribution in [2.24, 2.45) is 22.3 Å². The van der Waals surface area contributed by atoms with Gasteiger partial charge in [0.15, 0.2) is 5.03 Å². The van der Waals surface area contributed by atoms with Crippen molar-refractivity contribution < 1.29 is 9.83 Å². The Morgan fingerprint density at radius 3 is 2.67 bits per heavy atom. The highest BCUT2D eigenvalue weighted by atomic mass is 16.7. The third-order valence-corrected chi connectivity index (χ3v) is 1.50. The molecule has 0 rings (SSSR count). The zero-order valence-electron chi connectivity index (χ0n) is 8.05. The number of rotatable bonds is 5. The average Bonchev–Trinajstić information content (AvgIpc) is 2.12. The highest BCUT2D eigenvalue weighted by molar-refractivity contribution is 5.98. The van der Waals surface area contributed by atoms with Crippen LogP contribution in [0.5, 0.6) is 0 Å². The molecule has 0 aliphatic carbocycles. The molecule has 0 aromatic heterocycles. The zero-order chi connectivity index (χ0) is 11.8. The second-order valence-corrected chi connectivity index (χ2v) is 2.75. The molecule has 9 nitrogen and oxygen atoms in total. The summed E-state index contributed by atoms with van der Waals surface area (Å²) in [6.45, 7) is 0.416. The molecule has 1 atom stereocenters. The summed E-state index contributed by atoms with van der Waals surface area (Å²) >= 11 is 0. The normalized spacial score (nSPS) is 13.3. The summed E-state index contributed by atoms with van der Waals surface area (Å²) in [6.07, 6.45) is 0.967. The molecule has 0 unspecified atom stereocenters. The van der Waals surface area contributed by atoms with Crippen LogP contribution in [0, 0.1) is 10.1 Å². The number of nitrogens with one attached hydrogen (secondary N) is 1. The fourth-order valence-electron chi connectivity index (χ4n) is 0.801. The predicted molar refractivity (Wildman–Crippen MR) is 53.0 cm³/mol. The van der Waals surface area contributed by atoms with Crippen molar-refractivity contribution in [1.82, 2.24) is 5.32 Å². The van der Waals surface area contributed by atoms with Crippen LogP contribution in [0.2, 0.25) is 0 Å². The molecule has 0 aliphatic rings. The Balaban J connectivity index is 4.07. The molecule has 86 valence electrons. The molecule has 0 spiro atoms. The molecular formula is C6H14N6O3. The van der Waals surface area contributed by atoms with Crippen LogP contribution in [0.1, 0.15) is 12.8 Å². The number of nitrogens with zero attached hydrogens (tertiary/aromatic N) is 2. The SMILES string of the molecule is NCCC[C@H](N)C(=O)NC(N)=N[N+](=O)[O-]. The number of carbonyl (C=O) groups excluding carboxylic acids is 1. The van der Waals surface area contributed by atoms with Crippen LogP contribution in [0.25, 0.3) is 0 Å². The lowest BCUT2D eigenvalue weighted by atomic mass is 10.1. The minimum Gasteiger partial charge on any atom is -0.364 e. The molecule has 0 radical (unpaired) electrons. The first kappa shape index (κ1) is 13.3. The van der Waals surface area contributed by atoms with Gasteiger partial charge in [-0.1, -0.05) is 0 Å². The highest BCUT2D eigenvalue weighted by Crippen LogP contribution is 1.92. The molecule has 7 N–H and O–H groups in total. The van der Waals surface area contributed by atoms with E-state index in [-0.39, 0.29) is 0 Å². The summed E-state index contributed by atoms with van der Waals surface area (Å²) in [5, 5.41) is 13.5. The molecular weight excluding hydrogens is 204 g/mol. The summed E-state index contributed by atoms with van der Waals surface area (Å²) in [4.78, 5) is 21.1. The fourth-order valence-corrected chi connectivity index (χ4v) is 0.801. The van der Waals surface area contributed by atoms with E-state index in [1.807, 2.05) is 5.32 Å². The minimum absolute atomic E-state index is 0.383. The Labute approximate surface area is 85.8 Å². The van der Waals surface area contributed by atoms with Crippen LogP contribution < -0.4 is 22.5 Å². The molecule has 0 heterocycles. The molecule has 0 bridgehead atoms. The average molecular weight is 218 g/mol. The van der Waals surface area contributed by atoms with Crippen molar-refractivity contribution in [2.75, 3.05) is 6.54 Å². The summed E-state index contributed by atoms with van der Waals surface area (Å²) in [6, 6.07) is -0.797. The molecule has 0 aromatic rings. The third-order valence-electron chi connectivity index (χ3n) is 1.50. The van der Waals surface area contributed by atoms with Gasteiger partial charge in [-0.15, -0.1) is 0 Å². The van der Waals surface area contributed by atoms with Gasteiger partial charge in [0.25, 0.3) is 5.96 Å². The zero-order valence-corrected chi connectivity index (χ0v) is 8.05. The minimum atomic E-state index is -1.01. The first-order valence-corrected chi connectivity index (χ1v) is 4.22. The van der Waals surface area contributed by atoms with Gasteiger partial charge in [0.2, 0.25) is 5.91 Å². The van der Waals surface area contributed by atoms with E-state index in [2.05, 4.69) is 5.10 Å². The van der Waals surface area contributed by atoms with Crippen LogP contribution in [0.15, 0.2) is 5.10 Å². The summed E-state index contributed by atoms with van der Waals surface area (Å²) in [7, 11) is 0. The topological polar surface area (TPSA) is 163 Å². The number of hydrogen-bond acceptors (Lipinski definition) is 5. The smallest absolute Gasteiger partial charge is 0.272 e. The van der Waals surface area contributed by atoms with E-state index < -0.39 is 22.9 Å². The first-order chi connectivity index (χ1) is 6.97. The molecule has 15 heavy (non-hydrogen) atoms. The van der Waals surface area contributed by atoms with Gasteiger partial charge in [-0.2, -0.15) is 0 Å². The van der Waals surface area contributed by atoms with Crippen LogP contribution >= 0.6 is 0 Å². The highest BCUT2D eigenvalue weighted by Gasteiger charge is 2.14. The maximum Gasteiger partial charge on any atom is 0.272 e. The van der Waals surface area contributed by atoms with E-state index >= 15 is 0 Å². The van der Waals surface area contributed by atoms with Crippen molar-refractivity contribution >= 4 is 11.9 Å². The Hall–Kier alpha value is -1.74. The van der Waals surface area contributed by atoms with Gasteiger partial charge in [-0.3, -0.25) is 10.1 Å². The van der Waals surface area contributed by atoms with Gasteiger partial charge in [-0.25, -0.2) is 10.1 Å². The second kappa shape index (κ2) is 6.68. The molecule has 1 amide bonds. The molecule has 0 saturated carbocycles. The largest absolute Gasteiger partial charge is 0.364 e. The number of guanidine groups is 1. The third kappa shape index (κ3) is 6.35. The van der Waals surface area contributed by atoms with Crippen LogP contribution in [0.3, 0.4) is 0 Å². The summed E-state index contributed by atoms with van der Waals surface area (Å²) in [5.41, 5.74) is 15.7. The molecule has 0 fully saturated rings. The van der Waals surface area contributed by atoms with Crippen LogP contribution in [-0.4, -0.2) is 29.5 Å². The van der Waals surface area contributed by atoms with Crippen molar-refractivity contribution in [3.05, 3.63) is 10.1 Å². The van der Waals surface area contributed by atoms with Gasteiger partial charge >= 0.3 is 0 Å². The second-order valence-electron chi connectivity index (χ2n) is 2.75. The molecule has 0 saturated heterocycles. The Kier molecular flexibility index (Phi) is 5.90. The van der Waals surface area contributed by atoms with E-state index in [0.717, 1.165) is 0 Å². The number of amides is 1. The molecule has 9 heteroatoms. The van der Waals surface area contributed by atoms with E-state index in [1.54, 1.807) is 0 Å². The van der Waals surface area contributed by atoms with Crippen LogP contribution in [0.4, 0.5) is 0 Å². The summed E-state index contributed by atoms with van der Waals surface area (Å²) < 4.78 is 0. The van der Waals surface area contributed by atoms with Gasteiger partial charge < -0.3 is 17.2 Å². The van der Waals surface area contributed by atoms with Gasteiger partial charge in [0.05, 0.1) is 6.04 Å². The lowest BCUT2D eigenvalue weighted by molar-refractivity contribution is -0.485. The maximum atomic E-state index is 11.2. The van der Waals surface area contributed by atoms with Gasteiger partial charge in [0.1, 0.15) is 5.10 Å². The van der Waals surface area contributed by atoms with Crippen molar-refractivity contribution in [1.29, 1.82) is 0 Å². The molecule has 0 aromatic carbocycles. The first-order valence-electron chi connectivity index (χ1n) is 4.22. The Morgan fingerprint density at radius 2 is 2.20 bits per heavy atom. The Bertz CT molecular complexity index is 266. The number of hydrazone groups is 1. The van der Waals surface area contributed by atoms with E-state index in [0.29, 0.717) is 19.4 Å². The van der Waals surface area contributed by atoms with Crippen molar-refractivity contribution in [3.63, 3.8) is 0 Å². The number of hydrogen-bond donors (Lipinski definition) is 4. The molecule has 0 aliphatic heterocycles. The summed E-state index contributed by atoms with van der Waals surface area (Å²) in [5.74, 6) is -1.21. The fraction of sp³-hybridized carbons (Fsp3) is 0.667. The predicted octanol–water partition coefficient (Wildman–Crippen LogP) is -2.32. The maximum absolute atomic E-state index is 11.2. The quantitative estimate of drug-likeness (QED) is 0.175. The van der Waals surface area contributed by atoms with Crippen LogP contribution in [-0.2, 0) is 4.79 Å². The van der Waals surface area contributed by atoms with Gasteiger partial charge in [-0.05, 0) is 19.4 Å². The van der Waals surface area contributed by atoms with Crippen molar-refractivity contribution in [2.45, 2.75) is 18.9 Å².